The van der Waals surface area contributed by atoms with E-state index in [1.807, 2.05) is 26.0 Å². The van der Waals surface area contributed by atoms with Crippen molar-refractivity contribution in [3.8, 4) is 23.0 Å². The number of hydrogen-bond acceptors (Lipinski definition) is 9. The third-order valence-electron chi connectivity index (χ3n) is 8.47. The molecule has 0 aromatic heterocycles. The maximum Gasteiger partial charge on any atom is 0.340 e. The minimum absolute atomic E-state index is 0.234. The lowest BCUT2D eigenvalue weighted by Crippen LogP contribution is -2.33. The Morgan fingerprint density at radius 3 is 1.76 bits per heavy atom. The van der Waals surface area contributed by atoms with Crippen molar-refractivity contribution in [1.29, 1.82) is 0 Å². The number of ether oxygens (including phenoxy) is 6. The predicted molar refractivity (Wildman–Crippen MR) is 143 cm³/mol. The number of esters is 3. The van der Waals surface area contributed by atoms with E-state index in [0.29, 0.717) is 45.3 Å². The smallest absolute Gasteiger partial charge is 0.340 e. The minimum Gasteiger partial charge on any atom is -0.457 e. The van der Waals surface area contributed by atoms with E-state index in [4.69, 9.17) is 28.4 Å². The Balaban J connectivity index is 1.19. The molecule has 210 valence electrons. The standard InChI is InChI=1S/C32H28O9/c1-30(11-12-30)28(34)38-17-36-19-7-9-23-25(15-19)40-26-16-20(37-18-39-29(35)31(2)13-14-31)8-10-24(26)32(23)22-6-4-3-5-21(22)27(33)41-32/h3-10,15-16H,11-14,17-18H2,1-2H3. The highest BCUT2D eigenvalue weighted by molar-refractivity contribution is 5.97. The molecule has 3 aromatic carbocycles. The van der Waals surface area contributed by atoms with Gasteiger partial charge in [-0.05, 0) is 69.9 Å². The van der Waals surface area contributed by atoms with Crippen molar-refractivity contribution < 1.29 is 42.8 Å². The topological polar surface area (TPSA) is 107 Å². The van der Waals surface area contributed by atoms with Crippen molar-refractivity contribution in [2.75, 3.05) is 13.6 Å². The van der Waals surface area contributed by atoms with Crippen LogP contribution in [0.2, 0.25) is 0 Å². The first kappa shape index (κ1) is 25.4. The summed E-state index contributed by atoms with van der Waals surface area (Å²) in [5, 5.41) is 0. The summed E-state index contributed by atoms with van der Waals surface area (Å²) in [6, 6.07) is 17.6. The summed E-state index contributed by atoms with van der Waals surface area (Å²) < 4.78 is 34.5. The van der Waals surface area contributed by atoms with Gasteiger partial charge in [0.2, 0.25) is 13.6 Å². The lowest BCUT2D eigenvalue weighted by molar-refractivity contribution is -0.157. The van der Waals surface area contributed by atoms with Crippen LogP contribution in [0.4, 0.5) is 0 Å². The van der Waals surface area contributed by atoms with Gasteiger partial charge >= 0.3 is 17.9 Å². The molecule has 0 saturated heterocycles. The highest BCUT2D eigenvalue weighted by atomic mass is 16.7. The zero-order chi connectivity index (χ0) is 28.4. The van der Waals surface area contributed by atoms with Crippen LogP contribution < -0.4 is 14.2 Å². The number of rotatable bonds is 8. The molecular formula is C32H28O9. The number of benzene rings is 3. The molecule has 0 amide bonds. The van der Waals surface area contributed by atoms with E-state index in [1.165, 1.54) is 0 Å². The Morgan fingerprint density at radius 1 is 0.732 bits per heavy atom. The molecule has 0 radical (unpaired) electrons. The Hall–Kier alpha value is -4.53. The van der Waals surface area contributed by atoms with Crippen molar-refractivity contribution in [2.45, 2.75) is 45.1 Å². The van der Waals surface area contributed by atoms with Crippen LogP contribution in [0.1, 0.15) is 66.6 Å². The van der Waals surface area contributed by atoms with E-state index in [1.54, 1.807) is 48.5 Å². The van der Waals surface area contributed by atoms with Crippen molar-refractivity contribution in [2.24, 2.45) is 10.8 Å². The van der Waals surface area contributed by atoms with Gasteiger partial charge in [0.05, 0.1) is 16.4 Å². The molecule has 2 aliphatic carbocycles. The zero-order valence-electron chi connectivity index (χ0n) is 22.7. The number of hydrogen-bond donors (Lipinski definition) is 0. The van der Waals surface area contributed by atoms with Gasteiger partial charge in [-0.15, -0.1) is 0 Å². The summed E-state index contributed by atoms with van der Waals surface area (Å²) in [6.45, 7) is 3.27. The fourth-order valence-electron chi connectivity index (χ4n) is 5.25. The van der Waals surface area contributed by atoms with Crippen LogP contribution >= 0.6 is 0 Å². The second kappa shape index (κ2) is 8.99. The van der Waals surface area contributed by atoms with Gasteiger partial charge in [0.15, 0.2) is 5.60 Å². The molecule has 2 aliphatic heterocycles. The Morgan fingerprint density at radius 2 is 1.24 bits per heavy atom. The number of carbonyl (C=O) groups is 3. The molecule has 0 bridgehead atoms. The van der Waals surface area contributed by atoms with Gasteiger partial charge in [-0.2, -0.15) is 0 Å². The first-order chi connectivity index (χ1) is 19.7. The van der Waals surface area contributed by atoms with Crippen LogP contribution in [0, 0.1) is 10.8 Å². The number of fused-ring (bicyclic) bond motifs is 6. The largest absolute Gasteiger partial charge is 0.457 e. The minimum atomic E-state index is -1.26. The van der Waals surface area contributed by atoms with Gasteiger partial charge in [0.25, 0.3) is 0 Å². The van der Waals surface area contributed by atoms with Crippen LogP contribution in [-0.2, 0) is 29.4 Å². The SMILES string of the molecule is CC1(C(=O)OCOc2ccc3c(c2)Oc2cc(OCOC(=O)C4(C)CC4)ccc2C32OC(=O)c3ccccc32)CC1. The Labute approximate surface area is 236 Å². The maximum atomic E-state index is 13.1. The van der Waals surface area contributed by atoms with Crippen LogP contribution in [0.15, 0.2) is 60.7 Å². The quantitative estimate of drug-likeness (QED) is 0.199. The Bertz CT molecular complexity index is 1510. The fraction of sp³-hybridized carbons (Fsp3) is 0.344. The predicted octanol–water partition coefficient (Wildman–Crippen LogP) is 5.61. The molecule has 9 nitrogen and oxygen atoms in total. The van der Waals surface area contributed by atoms with Crippen LogP contribution in [-0.4, -0.2) is 31.5 Å². The molecule has 2 heterocycles. The van der Waals surface area contributed by atoms with Gasteiger partial charge in [0, 0.05) is 28.8 Å². The Kier molecular flexibility index (Phi) is 5.58. The molecular weight excluding hydrogens is 528 g/mol. The average molecular weight is 557 g/mol. The summed E-state index contributed by atoms with van der Waals surface area (Å²) in [6.07, 6.45) is 3.25. The van der Waals surface area contributed by atoms with E-state index < -0.39 is 22.4 Å². The molecule has 9 heteroatoms. The van der Waals surface area contributed by atoms with Crippen molar-refractivity contribution >= 4 is 17.9 Å². The second-order valence-electron chi connectivity index (χ2n) is 11.5. The molecule has 2 fully saturated rings. The third kappa shape index (κ3) is 4.18. The molecule has 2 saturated carbocycles. The average Bonchev–Trinajstić information content (AvgIpc) is 3.89. The van der Waals surface area contributed by atoms with Crippen molar-refractivity contribution in [3.05, 3.63) is 82.9 Å². The van der Waals surface area contributed by atoms with Crippen molar-refractivity contribution in [1.82, 2.24) is 0 Å². The van der Waals surface area contributed by atoms with Gasteiger partial charge in [-0.1, -0.05) is 18.2 Å². The molecule has 0 atom stereocenters. The highest BCUT2D eigenvalue weighted by Crippen LogP contribution is 2.57. The van der Waals surface area contributed by atoms with Gasteiger partial charge in [0.1, 0.15) is 23.0 Å². The van der Waals surface area contributed by atoms with E-state index >= 15 is 0 Å². The summed E-state index contributed by atoms with van der Waals surface area (Å²) in [4.78, 5) is 37.4. The van der Waals surface area contributed by atoms with E-state index in [0.717, 1.165) is 25.7 Å². The van der Waals surface area contributed by atoms with Crippen LogP contribution in [0.5, 0.6) is 23.0 Å². The molecule has 0 N–H and O–H groups in total. The molecule has 3 aromatic rings. The zero-order valence-corrected chi connectivity index (χ0v) is 22.7. The third-order valence-corrected chi connectivity index (χ3v) is 8.47. The summed E-state index contributed by atoms with van der Waals surface area (Å²) >= 11 is 0. The first-order valence-corrected chi connectivity index (χ1v) is 13.6. The lowest BCUT2D eigenvalue weighted by Gasteiger charge is -2.36. The molecule has 4 aliphatic rings. The molecule has 1 spiro atoms. The summed E-state index contributed by atoms with van der Waals surface area (Å²) in [7, 11) is 0. The van der Waals surface area contributed by atoms with Crippen molar-refractivity contribution in [3.63, 3.8) is 0 Å². The van der Waals surface area contributed by atoms with Gasteiger partial charge in [-0.3, -0.25) is 9.59 Å². The highest BCUT2D eigenvalue weighted by Gasteiger charge is 2.53. The van der Waals surface area contributed by atoms with E-state index in [2.05, 4.69) is 0 Å². The van der Waals surface area contributed by atoms with E-state index in [-0.39, 0.29) is 25.5 Å². The summed E-state index contributed by atoms with van der Waals surface area (Å²) in [5.41, 5.74) is 0.326. The monoisotopic (exact) mass is 556 g/mol. The lowest BCUT2D eigenvalue weighted by atomic mass is 9.77. The maximum absolute atomic E-state index is 13.1. The van der Waals surface area contributed by atoms with Gasteiger partial charge < -0.3 is 28.4 Å². The molecule has 41 heavy (non-hydrogen) atoms. The van der Waals surface area contributed by atoms with E-state index in [9.17, 15) is 14.4 Å². The molecule has 0 unspecified atom stereocenters. The fourth-order valence-corrected chi connectivity index (χ4v) is 5.25. The first-order valence-electron chi connectivity index (χ1n) is 13.6. The number of carbonyl (C=O) groups excluding carboxylic acids is 3. The molecule has 7 rings (SSSR count). The van der Waals surface area contributed by atoms with Crippen LogP contribution in [0.3, 0.4) is 0 Å². The van der Waals surface area contributed by atoms with Gasteiger partial charge in [-0.25, -0.2) is 4.79 Å². The second-order valence-corrected chi connectivity index (χ2v) is 11.5. The summed E-state index contributed by atoms with van der Waals surface area (Å²) in [5.74, 6) is 0.650. The van der Waals surface area contributed by atoms with Crippen LogP contribution in [0.25, 0.3) is 0 Å². The normalized spacial score (nSPS) is 19.0.